The summed E-state index contributed by atoms with van der Waals surface area (Å²) < 4.78 is 5.28. The van der Waals surface area contributed by atoms with Crippen LogP contribution in [0.15, 0.2) is 60.8 Å². The highest BCUT2D eigenvalue weighted by Crippen LogP contribution is 2.26. The van der Waals surface area contributed by atoms with Crippen LogP contribution in [-0.4, -0.2) is 18.0 Å². The van der Waals surface area contributed by atoms with E-state index < -0.39 is 0 Å². The van der Waals surface area contributed by atoms with E-state index in [2.05, 4.69) is 15.6 Å². The maximum atomic E-state index is 12.5. The van der Waals surface area contributed by atoms with Gasteiger partial charge in [0, 0.05) is 6.20 Å². The number of ether oxygens (including phenoxy) is 1. The van der Waals surface area contributed by atoms with Crippen LogP contribution in [0.4, 0.5) is 17.2 Å². The second-order valence-electron chi connectivity index (χ2n) is 5.69. The molecule has 1 amide bonds. The van der Waals surface area contributed by atoms with Crippen molar-refractivity contribution in [1.82, 2.24) is 4.98 Å². The van der Waals surface area contributed by atoms with Crippen molar-refractivity contribution in [2.24, 2.45) is 0 Å². The average molecular weight is 368 g/mol. The molecule has 0 bridgehead atoms. The Morgan fingerprint density at radius 3 is 2.58 bits per heavy atom. The van der Waals surface area contributed by atoms with E-state index in [9.17, 15) is 4.79 Å². The zero-order valence-electron chi connectivity index (χ0n) is 14.4. The number of hydrogen-bond donors (Lipinski definition) is 2. The molecular formula is C20H18ClN3O2. The predicted octanol–water partition coefficient (Wildman–Crippen LogP) is 5.05. The van der Waals surface area contributed by atoms with Gasteiger partial charge in [-0.2, -0.15) is 0 Å². The van der Waals surface area contributed by atoms with Gasteiger partial charge in [-0.05, 0) is 48.9 Å². The van der Waals surface area contributed by atoms with Crippen molar-refractivity contribution in [3.63, 3.8) is 0 Å². The van der Waals surface area contributed by atoms with Crippen LogP contribution in [0, 0.1) is 6.92 Å². The summed E-state index contributed by atoms with van der Waals surface area (Å²) in [5.74, 6) is 0.947. The van der Waals surface area contributed by atoms with Crippen molar-refractivity contribution in [2.75, 3.05) is 17.7 Å². The summed E-state index contributed by atoms with van der Waals surface area (Å²) >= 11 is 6.12. The number of pyridine rings is 1. The molecule has 0 radical (unpaired) electrons. The van der Waals surface area contributed by atoms with E-state index >= 15 is 0 Å². The minimum absolute atomic E-state index is 0.259. The number of nitrogens with one attached hydrogen (secondary N) is 2. The molecule has 1 heterocycles. The minimum Gasteiger partial charge on any atom is -0.495 e. The van der Waals surface area contributed by atoms with Gasteiger partial charge in [-0.25, -0.2) is 4.98 Å². The normalized spacial score (nSPS) is 10.3. The van der Waals surface area contributed by atoms with Gasteiger partial charge in [0.1, 0.15) is 11.6 Å². The zero-order chi connectivity index (χ0) is 18.5. The maximum absolute atomic E-state index is 12.5. The number of carbonyl (C=O) groups excluding carboxylic acids is 1. The van der Waals surface area contributed by atoms with Crippen molar-refractivity contribution in [1.29, 1.82) is 0 Å². The standard InChI is InChI=1S/C20H18ClN3O2/c1-13-7-9-18(26-2)17(11-13)24-20(25)14-8-10-19(22-12-14)23-16-6-4-3-5-15(16)21/h3-12H,1-2H3,(H,22,23)(H,24,25). The van der Waals surface area contributed by atoms with Crippen LogP contribution in [0.3, 0.4) is 0 Å². The number of aryl methyl sites for hydroxylation is 1. The lowest BCUT2D eigenvalue weighted by atomic mass is 10.2. The van der Waals surface area contributed by atoms with Crippen LogP contribution in [0.25, 0.3) is 0 Å². The summed E-state index contributed by atoms with van der Waals surface area (Å²) in [4.78, 5) is 16.7. The summed E-state index contributed by atoms with van der Waals surface area (Å²) in [5.41, 5.74) is 2.84. The summed E-state index contributed by atoms with van der Waals surface area (Å²) in [7, 11) is 1.57. The molecule has 26 heavy (non-hydrogen) atoms. The Morgan fingerprint density at radius 1 is 1.08 bits per heavy atom. The topological polar surface area (TPSA) is 63.2 Å². The molecular weight excluding hydrogens is 350 g/mol. The van der Waals surface area contributed by atoms with Gasteiger partial charge in [-0.3, -0.25) is 4.79 Å². The number of halogens is 1. The smallest absolute Gasteiger partial charge is 0.257 e. The number of anilines is 3. The molecule has 132 valence electrons. The molecule has 6 heteroatoms. The highest BCUT2D eigenvalue weighted by atomic mass is 35.5. The molecule has 5 nitrogen and oxygen atoms in total. The number of methoxy groups -OCH3 is 1. The van der Waals surface area contributed by atoms with Crippen LogP contribution in [0.2, 0.25) is 5.02 Å². The molecule has 0 saturated carbocycles. The molecule has 1 aromatic heterocycles. The van der Waals surface area contributed by atoms with Gasteiger partial charge in [-0.1, -0.05) is 29.8 Å². The fourth-order valence-electron chi connectivity index (χ4n) is 2.42. The van der Waals surface area contributed by atoms with Gasteiger partial charge in [0.15, 0.2) is 0 Å². The third kappa shape index (κ3) is 4.13. The molecule has 3 rings (SSSR count). The predicted molar refractivity (Wildman–Crippen MR) is 105 cm³/mol. The Morgan fingerprint density at radius 2 is 1.88 bits per heavy atom. The van der Waals surface area contributed by atoms with Crippen LogP contribution in [-0.2, 0) is 0 Å². The van der Waals surface area contributed by atoms with Gasteiger partial charge < -0.3 is 15.4 Å². The number of para-hydroxylation sites is 1. The lowest BCUT2D eigenvalue weighted by Crippen LogP contribution is -2.13. The Balaban J connectivity index is 1.73. The third-order valence-corrected chi connectivity index (χ3v) is 4.10. The summed E-state index contributed by atoms with van der Waals surface area (Å²) in [6.07, 6.45) is 1.51. The van der Waals surface area contributed by atoms with E-state index in [0.717, 1.165) is 11.3 Å². The van der Waals surface area contributed by atoms with Gasteiger partial charge in [0.05, 0.1) is 29.1 Å². The SMILES string of the molecule is COc1ccc(C)cc1NC(=O)c1ccc(Nc2ccccc2Cl)nc1. The van der Waals surface area contributed by atoms with E-state index in [-0.39, 0.29) is 5.91 Å². The lowest BCUT2D eigenvalue weighted by Gasteiger charge is -2.11. The fraction of sp³-hybridized carbons (Fsp3) is 0.100. The molecule has 0 fully saturated rings. The van der Waals surface area contributed by atoms with Crippen molar-refractivity contribution in [3.8, 4) is 5.75 Å². The maximum Gasteiger partial charge on any atom is 0.257 e. The van der Waals surface area contributed by atoms with Gasteiger partial charge in [0.25, 0.3) is 5.91 Å². The highest BCUT2D eigenvalue weighted by molar-refractivity contribution is 6.33. The van der Waals surface area contributed by atoms with Crippen molar-refractivity contribution in [2.45, 2.75) is 6.92 Å². The van der Waals surface area contributed by atoms with Gasteiger partial charge in [0.2, 0.25) is 0 Å². The van der Waals surface area contributed by atoms with Gasteiger partial charge >= 0.3 is 0 Å². The largest absolute Gasteiger partial charge is 0.495 e. The van der Waals surface area contributed by atoms with Crippen LogP contribution >= 0.6 is 11.6 Å². The molecule has 2 aromatic carbocycles. The first-order valence-corrected chi connectivity index (χ1v) is 8.38. The van der Waals surface area contributed by atoms with E-state index in [1.54, 1.807) is 25.3 Å². The average Bonchev–Trinajstić information content (AvgIpc) is 2.64. The molecule has 0 aliphatic rings. The lowest BCUT2D eigenvalue weighted by molar-refractivity contribution is 0.102. The monoisotopic (exact) mass is 367 g/mol. The van der Waals surface area contributed by atoms with Crippen LogP contribution in [0.5, 0.6) is 5.75 Å². The third-order valence-electron chi connectivity index (χ3n) is 3.77. The van der Waals surface area contributed by atoms with Crippen molar-refractivity contribution >= 4 is 34.7 Å². The molecule has 0 spiro atoms. The molecule has 0 saturated heterocycles. The quantitative estimate of drug-likeness (QED) is 0.662. The molecule has 0 atom stereocenters. The molecule has 0 aliphatic heterocycles. The molecule has 0 aliphatic carbocycles. The summed E-state index contributed by atoms with van der Waals surface area (Å²) in [6.45, 7) is 1.95. The number of nitrogens with zero attached hydrogens (tertiary/aromatic N) is 1. The summed E-state index contributed by atoms with van der Waals surface area (Å²) in [6, 6.07) is 16.4. The first-order chi connectivity index (χ1) is 12.6. The number of carbonyl (C=O) groups is 1. The van der Waals surface area contributed by atoms with Gasteiger partial charge in [-0.15, -0.1) is 0 Å². The van der Waals surface area contributed by atoms with E-state index in [1.807, 2.05) is 43.3 Å². The fourth-order valence-corrected chi connectivity index (χ4v) is 2.60. The Bertz CT molecular complexity index is 927. The van der Waals surface area contributed by atoms with Crippen LogP contribution < -0.4 is 15.4 Å². The van der Waals surface area contributed by atoms with E-state index in [4.69, 9.17) is 16.3 Å². The summed E-state index contributed by atoms with van der Waals surface area (Å²) in [5, 5.41) is 6.57. The Kier molecular flexibility index (Phi) is 5.39. The number of hydrogen-bond acceptors (Lipinski definition) is 4. The molecule has 0 unspecified atom stereocenters. The van der Waals surface area contributed by atoms with Crippen molar-refractivity contribution in [3.05, 3.63) is 76.9 Å². The number of benzene rings is 2. The number of rotatable bonds is 5. The number of amides is 1. The Labute approximate surface area is 157 Å². The Hall–Kier alpha value is -3.05. The second kappa shape index (κ2) is 7.89. The highest BCUT2D eigenvalue weighted by Gasteiger charge is 2.11. The first-order valence-electron chi connectivity index (χ1n) is 8.00. The van der Waals surface area contributed by atoms with Crippen molar-refractivity contribution < 1.29 is 9.53 Å². The minimum atomic E-state index is -0.259. The van der Waals surface area contributed by atoms with E-state index in [0.29, 0.717) is 27.8 Å². The molecule has 2 N–H and O–H groups in total. The van der Waals surface area contributed by atoms with Crippen LogP contribution in [0.1, 0.15) is 15.9 Å². The second-order valence-corrected chi connectivity index (χ2v) is 6.10. The zero-order valence-corrected chi connectivity index (χ0v) is 15.2. The first kappa shape index (κ1) is 17.8. The molecule has 3 aromatic rings. The number of aromatic nitrogens is 1. The van der Waals surface area contributed by atoms with E-state index in [1.165, 1.54) is 6.20 Å².